The normalized spacial score (nSPS) is 14.6. The molecule has 1 fully saturated rings. The molecule has 0 saturated carbocycles. The first-order valence-electron chi connectivity index (χ1n) is 8.88. The van der Waals surface area contributed by atoms with E-state index in [2.05, 4.69) is 4.74 Å². The van der Waals surface area contributed by atoms with E-state index in [9.17, 15) is 28.1 Å². The maximum absolute atomic E-state index is 13.1. The standard InChI is InChI=1S/C19H18F3N3O4/c20-14-4-2-13(3-5-14)18(26)24-9-1-8-23(10-11-24)16-7-6-15(25(27)28)12-17(16)29-19(21)22/h2-7,12,19H,1,8-11H2. The van der Waals surface area contributed by atoms with Gasteiger partial charge >= 0.3 is 6.61 Å². The van der Waals surface area contributed by atoms with Crippen molar-refractivity contribution >= 4 is 17.3 Å². The average Bonchev–Trinajstić information content (AvgIpc) is 2.93. The van der Waals surface area contributed by atoms with E-state index in [0.717, 1.165) is 6.07 Å². The number of carbonyl (C=O) groups excluding carboxylic acids is 1. The molecule has 1 amide bonds. The number of non-ortho nitro benzene ring substituents is 1. The molecule has 0 bridgehead atoms. The van der Waals surface area contributed by atoms with E-state index in [-0.39, 0.29) is 17.3 Å². The number of carbonyl (C=O) groups is 1. The Morgan fingerprint density at radius 1 is 1.07 bits per heavy atom. The second-order valence-corrected chi connectivity index (χ2v) is 6.43. The van der Waals surface area contributed by atoms with Crippen molar-refractivity contribution in [3.05, 3.63) is 64.0 Å². The number of rotatable bonds is 5. The summed E-state index contributed by atoms with van der Waals surface area (Å²) in [5.41, 5.74) is 0.302. The third-order valence-electron chi connectivity index (χ3n) is 4.59. The third kappa shape index (κ3) is 4.95. The highest BCUT2D eigenvalue weighted by molar-refractivity contribution is 5.94. The largest absolute Gasteiger partial charge is 0.432 e. The molecule has 1 aliphatic heterocycles. The monoisotopic (exact) mass is 409 g/mol. The molecule has 0 atom stereocenters. The van der Waals surface area contributed by atoms with Gasteiger partial charge in [-0.25, -0.2) is 4.39 Å². The van der Waals surface area contributed by atoms with Crippen LogP contribution < -0.4 is 9.64 Å². The number of hydrogen-bond donors (Lipinski definition) is 0. The molecule has 1 aliphatic rings. The zero-order valence-corrected chi connectivity index (χ0v) is 15.3. The van der Waals surface area contributed by atoms with Gasteiger partial charge in [0.25, 0.3) is 11.6 Å². The van der Waals surface area contributed by atoms with Gasteiger partial charge in [-0.1, -0.05) is 0 Å². The van der Waals surface area contributed by atoms with Gasteiger partial charge in [-0.2, -0.15) is 8.78 Å². The minimum Gasteiger partial charge on any atom is -0.432 e. The van der Waals surface area contributed by atoms with Gasteiger partial charge in [-0.3, -0.25) is 14.9 Å². The molecule has 0 spiro atoms. The van der Waals surface area contributed by atoms with Gasteiger partial charge < -0.3 is 14.5 Å². The number of nitrogens with zero attached hydrogens (tertiary/aromatic N) is 3. The molecule has 0 N–H and O–H groups in total. The zero-order chi connectivity index (χ0) is 21.0. The Kier molecular flexibility index (Phi) is 6.20. The Hall–Kier alpha value is -3.30. The van der Waals surface area contributed by atoms with Crippen molar-refractivity contribution in [1.29, 1.82) is 0 Å². The zero-order valence-electron chi connectivity index (χ0n) is 15.3. The second kappa shape index (κ2) is 8.80. The third-order valence-corrected chi connectivity index (χ3v) is 4.59. The lowest BCUT2D eigenvalue weighted by Crippen LogP contribution is -2.35. The minimum absolute atomic E-state index is 0.250. The van der Waals surface area contributed by atoms with Crippen molar-refractivity contribution in [2.24, 2.45) is 0 Å². The first-order valence-corrected chi connectivity index (χ1v) is 8.88. The van der Waals surface area contributed by atoms with E-state index in [1.54, 1.807) is 9.80 Å². The highest BCUT2D eigenvalue weighted by Crippen LogP contribution is 2.34. The van der Waals surface area contributed by atoms with Crippen molar-refractivity contribution in [3.8, 4) is 5.75 Å². The predicted molar refractivity (Wildman–Crippen MR) is 98.9 cm³/mol. The fourth-order valence-corrected chi connectivity index (χ4v) is 3.20. The molecule has 0 aromatic heterocycles. The van der Waals surface area contributed by atoms with Crippen molar-refractivity contribution < 1.29 is 27.6 Å². The van der Waals surface area contributed by atoms with Crippen LogP contribution in [0.4, 0.5) is 24.5 Å². The summed E-state index contributed by atoms with van der Waals surface area (Å²) in [6.45, 7) is -1.61. The number of ether oxygens (including phenoxy) is 1. The van der Waals surface area contributed by atoms with Gasteiger partial charge in [-0.05, 0) is 36.8 Å². The average molecular weight is 409 g/mol. The Morgan fingerprint density at radius 2 is 1.79 bits per heavy atom. The Bertz CT molecular complexity index is 893. The van der Waals surface area contributed by atoms with Crippen LogP contribution in [0.15, 0.2) is 42.5 Å². The number of halogens is 3. The Balaban J connectivity index is 1.77. The van der Waals surface area contributed by atoms with E-state index >= 15 is 0 Å². The fourth-order valence-electron chi connectivity index (χ4n) is 3.20. The Labute approximate surface area is 164 Å². The van der Waals surface area contributed by atoms with E-state index in [1.807, 2.05) is 0 Å². The van der Waals surface area contributed by atoms with Crippen LogP contribution in [0.2, 0.25) is 0 Å². The number of amides is 1. The summed E-state index contributed by atoms with van der Waals surface area (Å²) in [4.78, 5) is 26.2. The summed E-state index contributed by atoms with van der Waals surface area (Å²) in [6, 6.07) is 8.79. The van der Waals surface area contributed by atoms with Crippen molar-refractivity contribution in [2.75, 3.05) is 31.1 Å². The molecule has 0 radical (unpaired) electrons. The number of hydrogen-bond acceptors (Lipinski definition) is 5. The number of alkyl halides is 2. The molecular formula is C19H18F3N3O4. The molecule has 3 rings (SSSR count). The molecule has 2 aromatic rings. The molecule has 2 aromatic carbocycles. The summed E-state index contributed by atoms with van der Waals surface area (Å²) in [5, 5.41) is 10.9. The number of benzene rings is 2. The highest BCUT2D eigenvalue weighted by atomic mass is 19.3. The van der Waals surface area contributed by atoms with Crippen LogP contribution in [0.3, 0.4) is 0 Å². The number of nitro benzene ring substituents is 1. The predicted octanol–water partition coefficient (Wildman–Crippen LogP) is 3.69. The maximum atomic E-state index is 13.1. The van der Waals surface area contributed by atoms with Crippen LogP contribution in [-0.2, 0) is 0 Å². The van der Waals surface area contributed by atoms with Crippen LogP contribution in [0, 0.1) is 15.9 Å². The van der Waals surface area contributed by atoms with Gasteiger partial charge in [0.1, 0.15) is 5.82 Å². The van der Waals surface area contributed by atoms with Crippen molar-refractivity contribution in [2.45, 2.75) is 13.0 Å². The first kappa shape index (κ1) is 20.4. The topological polar surface area (TPSA) is 75.9 Å². The van der Waals surface area contributed by atoms with E-state index in [0.29, 0.717) is 43.9 Å². The molecule has 10 heteroatoms. The molecule has 7 nitrogen and oxygen atoms in total. The molecule has 0 aliphatic carbocycles. The molecule has 1 saturated heterocycles. The summed E-state index contributed by atoms with van der Waals surface area (Å²) in [7, 11) is 0. The number of anilines is 1. The van der Waals surface area contributed by atoms with Crippen LogP contribution >= 0.6 is 0 Å². The van der Waals surface area contributed by atoms with Crippen LogP contribution in [-0.4, -0.2) is 48.5 Å². The Morgan fingerprint density at radius 3 is 2.45 bits per heavy atom. The van der Waals surface area contributed by atoms with Crippen LogP contribution in [0.5, 0.6) is 5.75 Å². The van der Waals surface area contributed by atoms with Crippen LogP contribution in [0.25, 0.3) is 0 Å². The lowest BCUT2D eigenvalue weighted by Gasteiger charge is -2.25. The van der Waals surface area contributed by atoms with Gasteiger partial charge in [0.05, 0.1) is 16.7 Å². The minimum atomic E-state index is -3.13. The highest BCUT2D eigenvalue weighted by Gasteiger charge is 2.24. The summed E-state index contributed by atoms with van der Waals surface area (Å²) < 4.78 is 43.1. The quantitative estimate of drug-likeness (QED) is 0.556. The maximum Gasteiger partial charge on any atom is 0.387 e. The first-order chi connectivity index (χ1) is 13.8. The fraction of sp³-hybridized carbons (Fsp3) is 0.316. The van der Waals surface area contributed by atoms with Gasteiger partial charge in [0.15, 0.2) is 5.75 Å². The molecule has 0 unspecified atom stereocenters. The van der Waals surface area contributed by atoms with E-state index < -0.39 is 17.4 Å². The lowest BCUT2D eigenvalue weighted by molar-refractivity contribution is -0.385. The molecule has 1 heterocycles. The molecular weight excluding hydrogens is 391 g/mol. The van der Waals surface area contributed by atoms with Crippen LogP contribution in [0.1, 0.15) is 16.8 Å². The molecule has 154 valence electrons. The SMILES string of the molecule is O=C(c1ccc(F)cc1)N1CCCN(c2ccc([N+](=O)[O-])cc2OC(F)F)CC1. The van der Waals surface area contributed by atoms with E-state index in [4.69, 9.17) is 0 Å². The summed E-state index contributed by atoms with van der Waals surface area (Å²) in [5.74, 6) is -0.972. The lowest BCUT2D eigenvalue weighted by atomic mass is 10.2. The van der Waals surface area contributed by atoms with Gasteiger partial charge in [0, 0.05) is 37.8 Å². The van der Waals surface area contributed by atoms with Gasteiger partial charge in [-0.15, -0.1) is 0 Å². The smallest absolute Gasteiger partial charge is 0.387 e. The van der Waals surface area contributed by atoms with Crippen molar-refractivity contribution in [1.82, 2.24) is 4.90 Å². The van der Waals surface area contributed by atoms with E-state index in [1.165, 1.54) is 36.4 Å². The second-order valence-electron chi connectivity index (χ2n) is 6.43. The summed E-state index contributed by atoms with van der Waals surface area (Å²) in [6.07, 6.45) is 0.554. The molecule has 29 heavy (non-hydrogen) atoms. The van der Waals surface area contributed by atoms with Crippen molar-refractivity contribution in [3.63, 3.8) is 0 Å². The summed E-state index contributed by atoms with van der Waals surface area (Å²) >= 11 is 0. The van der Waals surface area contributed by atoms with Gasteiger partial charge in [0.2, 0.25) is 0 Å². The number of nitro groups is 1.